The van der Waals surface area contributed by atoms with Gasteiger partial charge >= 0.3 is 12.1 Å². The Kier molecular flexibility index (Phi) is 5.34. The van der Waals surface area contributed by atoms with E-state index in [2.05, 4.69) is 14.7 Å². The lowest BCUT2D eigenvalue weighted by Crippen LogP contribution is -2.31. The van der Waals surface area contributed by atoms with E-state index in [0.717, 1.165) is 12.1 Å². The van der Waals surface area contributed by atoms with E-state index in [9.17, 15) is 26.7 Å². The summed E-state index contributed by atoms with van der Waals surface area (Å²) in [6.07, 6.45) is -4.78. The number of nitrogens with zero attached hydrogens (tertiary/aromatic N) is 3. The van der Waals surface area contributed by atoms with E-state index in [1.807, 2.05) is 0 Å². The van der Waals surface area contributed by atoms with Gasteiger partial charge in [-0.3, -0.25) is 4.79 Å². The minimum Gasteiger partial charge on any atom is -0.488 e. The van der Waals surface area contributed by atoms with Crippen molar-refractivity contribution in [2.24, 2.45) is 0 Å². The largest absolute Gasteiger partial charge is 0.488 e. The van der Waals surface area contributed by atoms with Crippen molar-refractivity contribution in [3.05, 3.63) is 65.6 Å². The van der Waals surface area contributed by atoms with Crippen LogP contribution in [0.3, 0.4) is 0 Å². The Morgan fingerprint density at radius 3 is 2.65 bits per heavy atom. The highest BCUT2D eigenvalue weighted by Gasteiger charge is 2.38. The molecule has 3 aromatic rings. The van der Waals surface area contributed by atoms with Gasteiger partial charge in [-0.25, -0.2) is 8.78 Å². The molecule has 0 unspecified atom stereocenters. The summed E-state index contributed by atoms with van der Waals surface area (Å²) in [6.45, 7) is 0.599. The second-order valence-corrected chi connectivity index (χ2v) is 6.85. The SMILES string of the molecule is O=C(c1cccc(F)c1)N1CC[C@H](Oc2ccc(-c3noc(C(F)(F)F)n3)c(F)c2)C1. The minimum atomic E-state index is -4.83. The third-order valence-electron chi connectivity index (χ3n) is 4.66. The van der Waals surface area contributed by atoms with E-state index in [4.69, 9.17) is 4.74 Å². The first-order valence-corrected chi connectivity index (χ1v) is 9.13. The lowest BCUT2D eigenvalue weighted by atomic mass is 10.2. The average molecular weight is 439 g/mol. The van der Waals surface area contributed by atoms with Crippen molar-refractivity contribution in [2.45, 2.75) is 18.7 Å². The Morgan fingerprint density at radius 1 is 1.16 bits per heavy atom. The Morgan fingerprint density at radius 2 is 1.97 bits per heavy atom. The number of rotatable bonds is 4. The minimum absolute atomic E-state index is 0.130. The van der Waals surface area contributed by atoms with Crippen molar-refractivity contribution < 1.29 is 36.0 Å². The summed E-state index contributed by atoms with van der Waals surface area (Å²) < 4.78 is 75.2. The van der Waals surface area contributed by atoms with Gasteiger partial charge in [0.05, 0.1) is 12.1 Å². The number of benzene rings is 2. The zero-order valence-electron chi connectivity index (χ0n) is 15.7. The van der Waals surface area contributed by atoms with Crippen LogP contribution in [0, 0.1) is 11.6 Å². The molecule has 0 aliphatic carbocycles. The van der Waals surface area contributed by atoms with Crippen LogP contribution in [0.4, 0.5) is 22.0 Å². The molecule has 0 radical (unpaired) electrons. The Labute approximate surface area is 172 Å². The number of aromatic nitrogens is 2. The van der Waals surface area contributed by atoms with Crippen molar-refractivity contribution in [2.75, 3.05) is 13.1 Å². The van der Waals surface area contributed by atoms with E-state index in [0.29, 0.717) is 13.0 Å². The van der Waals surface area contributed by atoms with Crippen molar-refractivity contribution in [3.63, 3.8) is 0 Å². The molecule has 1 saturated heterocycles. The maximum Gasteiger partial charge on any atom is 0.471 e. The summed E-state index contributed by atoms with van der Waals surface area (Å²) in [6, 6.07) is 8.87. The molecule has 1 aromatic heterocycles. The maximum absolute atomic E-state index is 14.4. The van der Waals surface area contributed by atoms with Gasteiger partial charge in [-0.1, -0.05) is 11.2 Å². The Bertz CT molecular complexity index is 1120. The number of amides is 1. The number of hydrogen-bond acceptors (Lipinski definition) is 5. The summed E-state index contributed by atoms with van der Waals surface area (Å²) in [7, 11) is 0. The van der Waals surface area contributed by atoms with Crippen LogP contribution in [-0.4, -0.2) is 40.1 Å². The van der Waals surface area contributed by atoms with Gasteiger partial charge < -0.3 is 14.2 Å². The Balaban J connectivity index is 1.42. The molecule has 1 aliphatic rings. The predicted molar refractivity (Wildman–Crippen MR) is 96.0 cm³/mol. The zero-order valence-corrected chi connectivity index (χ0v) is 15.7. The summed E-state index contributed by atoms with van der Waals surface area (Å²) in [4.78, 5) is 17.1. The third kappa shape index (κ3) is 4.49. The smallest absolute Gasteiger partial charge is 0.471 e. The third-order valence-corrected chi connectivity index (χ3v) is 4.66. The first-order valence-electron chi connectivity index (χ1n) is 9.13. The van der Waals surface area contributed by atoms with Gasteiger partial charge in [0, 0.05) is 24.6 Å². The van der Waals surface area contributed by atoms with E-state index >= 15 is 0 Å². The molecule has 0 spiro atoms. The summed E-state index contributed by atoms with van der Waals surface area (Å²) in [5, 5.41) is 3.15. The molecule has 31 heavy (non-hydrogen) atoms. The van der Waals surface area contributed by atoms with Crippen molar-refractivity contribution in [3.8, 4) is 17.1 Å². The molecule has 0 N–H and O–H groups in total. The fraction of sp³-hybridized carbons (Fsp3) is 0.250. The highest BCUT2D eigenvalue weighted by Crippen LogP contribution is 2.31. The topological polar surface area (TPSA) is 68.5 Å². The molecule has 2 aromatic carbocycles. The van der Waals surface area contributed by atoms with Gasteiger partial charge in [0.25, 0.3) is 5.91 Å². The van der Waals surface area contributed by atoms with Gasteiger partial charge in [0.15, 0.2) is 0 Å². The number of carbonyl (C=O) groups excluding carboxylic acids is 1. The second-order valence-electron chi connectivity index (χ2n) is 6.85. The van der Waals surface area contributed by atoms with E-state index in [1.54, 1.807) is 0 Å². The molecule has 1 fully saturated rings. The lowest BCUT2D eigenvalue weighted by molar-refractivity contribution is -0.159. The normalized spacial score (nSPS) is 16.5. The molecule has 11 heteroatoms. The molecule has 1 atom stereocenters. The number of hydrogen-bond donors (Lipinski definition) is 0. The highest BCUT2D eigenvalue weighted by atomic mass is 19.4. The molecular weight excluding hydrogens is 425 g/mol. The predicted octanol–water partition coefficient (Wildman–Crippen LogP) is 4.33. The molecule has 6 nitrogen and oxygen atoms in total. The van der Waals surface area contributed by atoms with E-state index in [-0.39, 0.29) is 29.3 Å². The van der Waals surface area contributed by atoms with Crippen molar-refractivity contribution in [1.82, 2.24) is 15.0 Å². The monoisotopic (exact) mass is 439 g/mol. The van der Waals surface area contributed by atoms with Gasteiger partial charge in [-0.15, -0.1) is 0 Å². The quantitative estimate of drug-likeness (QED) is 0.567. The molecule has 0 saturated carbocycles. The van der Waals surface area contributed by atoms with Crippen LogP contribution in [0.1, 0.15) is 22.7 Å². The van der Waals surface area contributed by atoms with Crippen LogP contribution in [0.25, 0.3) is 11.4 Å². The summed E-state index contributed by atoms with van der Waals surface area (Å²) in [5.41, 5.74) is -0.0599. The zero-order chi connectivity index (χ0) is 22.2. The van der Waals surface area contributed by atoms with Gasteiger partial charge in [-0.05, 0) is 30.3 Å². The van der Waals surface area contributed by atoms with Crippen molar-refractivity contribution >= 4 is 5.91 Å². The number of halogens is 5. The van der Waals surface area contributed by atoms with E-state index < -0.39 is 35.6 Å². The number of likely N-dealkylation sites (tertiary alicyclic amines) is 1. The maximum atomic E-state index is 14.4. The van der Waals surface area contributed by atoms with Crippen LogP contribution in [0.5, 0.6) is 5.75 Å². The summed E-state index contributed by atoms with van der Waals surface area (Å²) in [5.74, 6) is -3.73. The van der Waals surface area contributed by atoms with Gasteiger partial charge in [0.1, 0.15) is 23.5 Å². The first-order chi connectivity index (χ1) is 14.7. The van der Waals surface area contributed by atoms with Crippen LogP contribution in [0.2, 0.25) is 0 Å². The fourth-order valence-electron chi connectivity index (χ4n) is 3.20. The average Bonchev–Trinajstić information content (AvgIpc) is 3.37. The number of ether oxygens (including phenoxy) is 1. The molecule has 1 aliphatic heterocycles. The standard InChI is InChI=1S/C20H14F5N3O3/c21-12-3-1-2-11(8-12)18(29)28-7-6-14(10-28)30-13-4-5-15(16(22)9-13)17-26-19(31-27-17)20(23,24)25/h1-5,8-9,14H,6-7,10H2/t14-/m0/s1. The number of carbonyl (C=O) groups is 1. The molecule has 2 heterocycles. The molecule has 1 amide bonds. The molecule has 162 valence electrons. The fourth-order valence-corrected chi connectivity index (χ4v) is 3.20. The molecular formula is C20H14F5N3O3. The van der Waals surface area contributed by atoms with Crippen LogP contribution >= 0.6 is 0 Å². The van der Waals surface area contributed by atoms with Crippen LogP contribution < -0.4 is 4.74 Å². The Hall–Kier alpha value is -3.50. The van der Waals surface area contributed by atoms with Gasteiger partial charge in [0.2, 0.25) is 5.82 Å². The van der Waals surface area contributed by atoms with Crippen molar-refractivity contribution in [1.29, 1.82) is 0 Å². The molecule has 0 bridgehead atoms. The van der Waals surface area contributed by atoms with Crippen LogP contribution in [-0.2, 0) is 6.18 Å². The van der Waals surface area contributed by atoms with Gasteiger partial charge in [-0.2, -0.15) is 18.2 Å². The summed E-state index contributed by atoms with van der Waals surface area (Å²) >= 11 is 0. The highest BCUT2D eigenvalue weighted by molar-refractivity contribution is 5.94. The van der Waals surface area contributed by atoms with E-state index in [1.165, 1.54) is 35.2 Å². The first kappa shape index (κ1) is 20.8. The molecule has 4 rings (SSSR count). The lowest BCUT2D eigenvalue weighted by Gasteiger charge is -2.17. The van der Waals surface area contributed by atoms with Crippen LogP contribution in [0.15, 0.2) is 47.0 Å². The second kappa shape index (κ2) is 7.97. The number of alkyl halides is 3.